The molecule has 132 valence electrons. The number of aliphatic hydroxyl groups excluding tert-OH is 1. The van der Waals surface area contributed by atoms with Crippen LogP contribution in [0.4, 0.5) is 13.2 Å². The first-order valence-electron chi connectivity index (χ1n) is 7.46. The standard InChI is InChI=1S/C16H20BF3O4/c1-14(2)15(3,4)24-17(23-14)12(10-21)9-11-5-7-13(8-6-11)22-16(18,19)20/h5-9,21H,10H2,1-4H3. The van der Waals surface area contributed by atoms with Gasteiger partial charge in [0.05, 0.1) is 17.8 Å². The van der Waals surface area contributed by atoms with Crippen LogP contribution in [0.2, 0.25) is 0 Å². The van der Waals surface area contributed by atoms with Crippen LogP contribution in [-0.4, -0.2) is 36.4 Å². The van der Waals surface area contributed by atoms with Crippen LogP contribution >= 0.6 is 0 Å². The minimum atomic E-state index is -4.73. The van der Waals surface area contributed by atoms with Crippen molar-refractivity contribution in [2.24, 2.45) is 0 Å². The molecule has 0 radical (unpaired) electrons. The Morgan fingerprint density at radius 2 is 1.62 bits per heavy atom. The van der Waals surface area contributed by atoms with Gasteiger partial charge in [-0.15, -0.1) is 13.2 Å². The minimum Gasteiger partial charge on any atom is -0.406 e. The molecule has 1 aliphatic heterocycles. The molecule has 8 heteroatoms. The second-order valence-corrected chi connectivity index (χ2v) is 6.58. The van der Waals surface area contributed by atoms with Crippen molar-refractivity contribution in [3.8, 4) is 5.75 Å². The third-order valence-corrected chi connectivity index (χ3v) is 4.20. The quantitative estimate of drug-likeness (QED) is 0.848. The number of ether oxygens (including phenoxy) is 1. The monoisotopic (exact) mass is 344 g/mol. The Bertz CT molecular complexity index is 593. The largest absolute Gasteiger partial charge is 0.573 e. The summed E-state index contributed by atoms with van der Waals surface area (Å²) in [4.78, 5) is 0. The lowest BCUT2D eigenvalue weighted by Crippen LogP contribution is -2.41. The highest BCUT2D eigenvalue weighted by Gasteiger charge is 2.52. The molecule has 1 aromatic rings. The Kier molecular flexibility index (Phi) is 5.04. The zero-order chi connectivity index (χ0) is 18.2. The summed E-state index contributed by atoms with van der Waals surface area (Å²) in [5, 5.41) is 9.59. The van der Waals surface area contributed by atoms with Crippen molar-refractivity contribution >= 4 is 13.2 Å². The van der Waals surface area contributed by atoms with Crippen LogP contribution in [0.5, 0.6) is 5.75 Å². The molecule has 0 spiro atoms. The summed E-state index contributed by atoms with van der Waals surface area (Å²) >= 11 is 0. The molecule has 2 rings (SSSR count). The smallest absolute Gasteiger partial charge is 0.406 e. The third kappa shape index (κ3) is 4.31. The van der Waals surface area contributed by atoms with Crippen LogP contribution < -0.4 is 4.74 Å². The lowest BCUT2D eigenvalue weighted by atomic mass is 9.77. The summed E-state index contributed by atoms with van der Waals surface area (Å²) in [5.74, 6) is -0.305. The van der Waals surface area contributed by atoms with E-state index >= 15 is 0 Å². The van der Waals surface area contributed by atoms with Crippen molar-refractivity contribution in [1.29, 1.82) is 0 Å². The first-order valence-corrected chi connectivity index (χ1v) is 7.46. The fourth-order valence-corrected chi connectivity index (χ4v) is 2.16. The average molecular weight is 344 g/mol. The number of alkyl halides is 3. The Balaban J connectivity index is 2.17. The maximum absolute atomic E-state index is 12.2. The molecule has 1 heterocycles. The van der Waals surface area contributed by atoms with Crippen molar-refractivity contribution in [3.63, 3.8) is 0 Å². The van der Waals surface area contributed by atoms with Crippen molar-refractivity contribution in [2.75, 3.05) is 6.61 Å². The molecule has 4 nitrogen and oxygen atoms in total. The van der Waals surface area contributed by atoms with Gasteiger partial charge in [0, 0.05) is 0 Å². The van der Waals surface area contributed by atoms with E-state index < -0.39 is 24.7 Å². The second kappa shape index (κ2) is 6.42. The van der Waals surface area contributed by atoms with E-state index in [0.717, 1.165) is 0 Å². The van der Waals surface area contributed by atoms with E-state index in [-0.39, 0.29) is 12.4 Å². The van der Waals surface area contributed by atoms with Crippen LogP contribution in [0.15, 0.2) is 29.7 Å². The van der Waals surface area contributed by atoms with Gasteiger partial charge in [-0.05, 0) is 50.9 Å². The van der Waals surface area contributed by atoms with E-state index in [9.17, 15) is 18.3 Å². The van der Waals surface area contributed by atoms with Crippen molar-refractivity contribution in [2.45, 2.75) is 45.3 Å². The van der Waals surface area contributed by atoms with Gasteiger partial charge in [-0.25, -0.2) is 0 Å². The normalized spacial score (nSPS) is 20.3. The Morgan fingerprint density at radius 1 is 1.12 bits per heavy atom. The van der Waals surface area contributed by atoms with Crippen molar-refractivity contribution in [3.05, 3.63) is 35.3 Å². The second-order valence-electron chi connectivity index (χ2n) is 6.58. The number of aliphatic hydroxyl groups is 1. The minimum absolute atomic E-state index is 0.294. The summed E-state index contributed by atoms with van der Waals surface area (Å²) in [7, 11) is -0.717. The summed E-state index contributed by atoms with van der Waals surface area (Å²) in [6.45, 7) is 7.28. The number of hydrogen-bond acceptors (Lipinski definition) is 4. The first-order chi connectivity index (χ1) is 10.9. The highest BCUT2D eigenvalue weighted by atomic mass is 19.4. The van der Waals surface area contributed by atoms with Crippen molar-refractivity contribution in [1.82, 2.24) is 0 Å². The molecule has 1 saturated heterocycles. The molecule has 0 saturated carbocycles. The first kappa shape index (κ1) is 18.8. The fourth-order valence-electron chi connectivity index (χ4n) is 2.16. The predicted molar refractivity (Wildman–Crippen MR) is 84.3 cm³/mol. The zero-order valence-electron chi connectivity index (χ0n) is 14.0. The van der Waals surface area contributed by atoms with Gasteiger partial charge in [0.15, 0.2) is 0 Å². The van der Waals surface area contributed by atoms with Gasteiger partial charge in [0.2, 0.25) is 0 Å². The molecule has 1 fully saturated rings. The predicted octanol–water partition coefficient (Wildman–Crippen LogP) is 3.59. The van der Waals surface area contributed by atoms with Crippen LogP contribution in [0.25, 0.3) is 6.08 Å². The molecule has 0 bridgehead atoms. The van der Waals surface area contributed by atoms with Gasteiger partial charge in [-0.2, -0.15) is 0 Å². The molecule has 1 aromatic carbocycles. The van der Waals surface area contributed by atoms with E-state index in [0.29, 0.717) is 11.0 Å². The molecule has 1 aliphatic rings. The third-order valence-electron chi connectivity index (χ3n) is 4.20. The molecular formula is C16H20BF3O4. The molecule has 0 aromatic heterocycles. The van der Waals surface area contributed by atoms with E-state index in [4.69, 9.17) is 9.31 Å². The van der Waals surface area contributed by atoms with Gasteiger partial charge in [0.1, 0.15) is 5.75 Å². The summed E-state index contributed by atoms with van der Waals surface area (Å²) in [5.41, 5.74) is -0.00596. The summed E-state index contributed by atoms with van der Waals surface area (Å²) in [6, 6.07) is 5.33. The highest BCUT2D eigenvalue weighted by Crippen LogP contribution is 2.38. The van der Waals surface area contributed by atoms with E-state index in [1.165, 1.54) is 24.3 Å². The van der Waals surface area contributed by atoms with E-state index in [1.54, 1.807) is 6.08 Å². The zero-order valence-corrected chi connectivity index (χ0v) is 14.0. The molecular weight excluding hydrogens is 324 g/mol. The molecule has 0 atom stereocenters. The fraction of sp³-hybridized carbons (Fsp3) is 0.500. The average Bonchev–Trinajstić information content (AvgIpc) is 2.64. The molecule has 1 N–H and O–H groups in total. The summed E-state index contributed by atoms with van der Waals surface area (Å²) < 4.78 is 52.0. The maximum Gasteiger partial charge on any atom is 0.573 e. The SMILES string of the molecule is CC1(C)OB(C(=Cc2ccc(OC(F)(F)F)cc2)CO)OC1(C)C. The molecule has 0 amide bonds. The van der Waals surface area contributed by atoms with Gasteiger partial charge < -0.3 is 19.2 Å². The van der Waals surface area contributed by atoms with Crippen LogP contribution in [-0.2, 0) is 9.31 Å². The lowest BCUT2D eigenvalue weighted by Gasteiger charge is -2.32. The lowest BCUT2D eigenvalue weighted by molar-refractivity contribution is -0.274. The molecule has 24 heavy (non-hydrogen) atoms. The van der Waals surface area contributed by atoms with Crippen LogP contribution in [0.3, 0.4) is 0 Å². The van der Waals surface area contributed by atoms with Crippen LogP contribution in [0.1, 0.15) is 33.3 Å². The molecule has 0 aliphatic carbocycles. The highest BCUT2D eigenvalue weighted by molar-refractivity contribution is 6.55. The van der Waals surface area contributed by atoms with Gasteiger partial charge in [-0.3, -0.25) is 0 Å². The van der Waals surface area contributed by atoms with E-state index in [1.807, 2.05) is 27.7 Å². The number of rotatable bonds is 4. The van der Waals surface area contributed by atoms with Gasteiger partial charge >= 0.3 is 13.5 Å². The molecule has 0 unspecified atom stereocenters. The summed E-state index contributed by atoms with van der Waals surface area (Å²) in [6.07, 6.45) is -3.10. The Morgan fingerprint density at radius 3 is 2.04 bits per heavy atom. The maximum atomic E-state index is 12.2. The van der Waals surface area contributed by atoms with Gasteiger partial charge in [0.25, 0.3) is 0 Å². The number of halogens is 3. The Hall–Kier alpha value is -1.51. The topological polar surface area (TPSA) is 47.9 Å². The van der Waals surface area contributed by atoms with Crippen LogP contribution in [0, 0.1) is 0 Å². The van der Waals surface area contributed by atoms with E-state index in [2.05, 4.69) is 4.74 Å². The number of hydrogen-bond donors (Lipinski definition) is 1. The van der Waals surface area contributed by atoms with Crippen molar-refractivity contribution < 1.29 is 32.3 Å². The Labute approximate surface area is 139 Å². The number of benzene rings is 1. The van der Waals surface area contributed by atoms with Gasteiger partial charge in [-0.1, -0.05) is 18.2 Å².